The zero-order valence-electron chi connectivity index (χ0n) is 17.7. The Hall–Kier alpha value is -0.940. The van der Waals surface area contributed by atoms with Gasteiger partial charge in [-0.3, -0.25) is 21.6 Å². The minimum Gasteiger partial charge on any atom is -0.383 e. The van der Waals surface area contributed by atoms with Crippen LogP contribution in [0.2, 0.25) is 0 Å². The van der Waals surface area contributed by atoms with E-state index in [9.17, 15) is 4.79 Å². The Bertz CT molecular complexity index is 907. The third-order valence-electron chi connectivity index (χ3n) is 3.30. The van der Waals surface area contributed by atoms with Crippen molar-refractivity contribution in [1.82, 2.24) is 25.1 Å². The maximum absolute atomic E-state index is 11.6. The first-order valence-electron chi connectivity index (χ1n) is 8.52. The molecule has 0 radical (unpaired) electrons. The molecule has 0 aliphatic heterocycles. The van der Waals surface area contributed by atoms with E-state index in [0.29, 0.717) is 0 Å². The minimum absolute atomic E-state index is 0. The van der Waals surface area contributed by atoms with Gasteiger partial charge in [-0.25, -0.2) is 9.97 Å². The fraction of sp³-hybridized carbons (Fsp3) is 0.368. The Morgan fingerprint density at radius 2 is 1.61 bits per heavy atom. The molecular formula is C19H31I2N7OS2. The molecule has 0 bridgehead atoms. The summed E-state index contributed by atoms with van der Waals surface area (Å²) in [5, 5.41) is 8.86. The summed E-state index contributed by atoms with van der Waals surface area (Å²) in [6, 6.07) is 1.96. The van der Waals surface area contributed by atoms with E-state index in [1.165, 1.54) is 16.2 Å². The molecule has 3 rings (SSSR count). The number of nitrogens with zero attached hydrogens (tertiary/aromatic N) is 4. The van der Waals surface area contributed by atoms with Crippen molar-refractivity contribution in [3.05, 3.63) is 50.8 Å². The molecule has 3 aromatic rings. The predicted molar refractivity (Wildman–Crippen MR) is 151 cm³/mol. The average Bonchev–Trinajstić information content (AvgIpc) is 3.44. The number of carbonyl (C=O) groups excluding carboxylic acids is 1. The van der Waals surface area contributed by atoms with Crippen molar-refractivity contribution < 1.29 is 4.79 Å². The summed E-state index contributed by atoms with van der Waals surface area (Å²) in [4.78, 5) is 23.9. The summed E-state index contributed by atoms with van der Waals surface area (Å²) in [6.45, 7) is 7.79. The molecule has 5 N–H and O–H groups in total. The lowest BCUT2D eigenvalue weighted by atomic mass is 10.3. The molecular weight excluding hydrogens is 660 g/mol. The number of thiazole rings is 2. The van der Waals surface area contributed by atoms with Gasteiger partial charge in [0, 0.05) is 69.8 Å². The third-order valence-corrected chi connectivity index (χ3v) is 5.49. The first-order valence-corrected chi connectivity index (χ1v) is 16.4. The largest absolute Gasteiger partial charge is 0.383 e. The van der Waals surface area contributed by atoms with Crippen molar-refractivity contribution >= 4 is 65.7 Å². The van der Waals surface area contributed by atoms with Crippen molar-refractivity contribution in [2.24, 2.45) is 11.7 Å². The molecule has 0 saturated carbocycles. The molecule has 0 fully saturated rings. The highest BCUT2D eigenvalue weighted by molar-refractivity contribution is 15.0. The predicted octanol–water partition coefficient (Wildman–Crippen LogP) is 5.39. The topological polar surface area (TPSA) is 127 Å². The molecule has 0 spiro atoms. The molecule has 0 aromatic carbocycles. The number of rotatable bonds is 4. The van der Waals surface area contributed by atoms with Crippen LogP contribution in [0.25, 0.3) is 10.6 Å². The van der Waals surface area contributed by atoms with Gasteiger partial charge in [0.05, 0.1) is 36.9 Å². The van der Waals surface area contributed by atoms with Crippen molar-refractivity contribution in [1.29, 1.82) is 0 Å². The Kier molecular flexibility index (Phi) is 18.3. The Morgan fingerprint density at radius 3 is 2.00 bits per heavy atom. The number of hydrazine groups is 1. The number of aryl methyl sites for hydroxylation is 4. The maximum Gasteiger partial charge on any atom is 0.199 e. The third kappa shape index (κ3) is 11.5. The molecule has 8 nitrogen and oxygen atoms in total. The lowest BCUT2D eigenvalue weighted by Crippen LogP contribution is -2.02. The van der Waals surface area contributed by atoms with Crippen LogP contribution in [0, 0.1) is 27.7 Å². The summed E-state index contributed by atoms with van der Waals surface area (Å²) in [7, 11) is 3.77. The molecule has 0 aliphatic rings. The van der Waals surface area contributed by atoms with E-state index in [1.54, 1.807) is 29.8 Å². The van der Waals surface area contributed by atoms with Crippen molar-refractivity contribution in [3.8, 4) is 10.6 Å². The zero-order chi connectivity index (χ0) is 23.3. The van der Waals surface area contributed by atoms with Crippen LogP contribution in [-0.4, -0.2) is 44.9 Å². The molecule has 12 heteroatoms. The van der Waals surface area contributed by atoms with Gasteiger partial charge in [-0.15, -0.1) is 22.7 Å². The fourth-order valence-corrected chi connectivity index (χ4v) is 3.95. The minimum atomic E-state index is 0. The lowest BCUT2D eigenvalue weighted by Gasteiger charge is -2.01. The van der Waals surface area contributed by atoms with Gasteiger partial charge in [-0.1, -0.05) is 7.43 Å². The van der Waals surface area contributed by atoms with Crippen molar-refractivity contribution in [3.63, 3.8) is 0 Å². The van der Waals surface area contributed by atoms with Crippen LogP contribution in [0.3, 0.4) is 0 Å². The highest BCUT2D eigenvalue weighted by Gasteiger charge is 2.10. The molecule has 0 saturated heterocycles. The number of carbonyl (C=O) groups is 1. The average molecular weight is 691 g/mol. The van der Waals surface area contributed by atoms with Gasteiger partial charge < -0.3 is 4.90 Å². The second-order valence-electron chi connectivity index (χ2n) is 5.91. The van der Waals surface area contributed by atoms with E-state index in [2.05, 4.69) is 69.1 Å². The van der Waals surface area contributed by atoms with Gasteiger partial charge in [0.15, 0.2) is 5.78 Å². The number of hydrogen-bond acceptors (Lipinski definition) is 9. The summed E-state index contributed by atoms with van der Waals surface area (Å²) in [5.74, 6) is 8.03. The number of aromatic nitrogens is 4. The monoisotopic (exact) mass is 691 g/mol. The fourth-order valence-electron chi connectivity index (χ4n) is 2.22. The first kappa shape index (κ1) is 32.2. The molecule has 0 atom stereocenters. The SMILES string of the molecule is C.Cc1nc(C)c(-c2ccn[nH]2)s1.Cc1nc(C)c(C(=O)/C=C/N(C)C)s1.II.NN. The highest BCUT2D eigenvalue weighted by atomic mass is 128. The van der Waals surface area contributed by atoms with Crippen LogP contribution in [0.4, 0.5) is 0 Å². The molecule has 0 unspecified atom stereocenters. The Balaban J connectivity index is 0. The second kappa shape index (κ2) is 17.6. The van der Waals surface area contributed by atoms with E-state index < -0.39 is 0 Å². The van der Waals surface area contributed by atoms with Gasteiger partial charge >= 0.3 is 0 Å². The van der Waals surface area contributed by atoms with E-state index in [0.717, 1.165) is 32.0 Å². The molecule has 3 aromatic heterocycles. The number of halogens is 2. The second-order valence-corrected chi connectivity index (χ2v) is 8.32. The molecule has 0 amide bonds. The van der Waals surface area contributed by atoms with Crippen LogP contribution in [-0.2, 0) is 0 Å². The van der Waals surface area contributed by atoms with Gasteiger partial charge in [-0.2, -0.15) is 5.10 Å². The normalized spacial score (nSPS) is 9.35. The van der Waals surface area contributed by atoms with Crippen molar-refractivity contribution in [2.75, 3.05) is 14.1 Å². The quantitative estimate of drug-likeness (QED) is 0.110. The van der Waals surface area contributed by atoms with Crippen LogP contribution in [0.5, 0.6) is 0 Å². The summed E-state index contributed by atoms with van der Waals surface area (Å²) < 4.78 is 0. The summed E-state index contributed by atoms with van der Waals surface area (Å²) >= 11 is 7.37. The zero-order valence-corrected chi connectivity index (χ0v) is 23.7. The van der Waals surface area contributed by atoms with Crippen LogP contribution >= 0.6 is 59.9 Å². The summed E-state index contributed by atoms with van der Waals surface area (Å²) in [5.41, 5.74) is 2.95. The van der Waals surface area contributed by atoms with Gasteiger partial charge in [0.25, 0.3) is 0 Å². The number of allylic oxidation sites excluding steroid dienone is 1. The van der Waals surface area contributed by atoms with Gasteiger partial charge in [-0.05, 0) is 33.8 Å². The molecule has 174 valence electrons. The standard InChI is InChI=1S/C10H14N2OS.C8H9N3S.CH4.I2.H4N2/c1-7-10(14-8(2)11-7)9(13)5-6-12(3)4;1-5-8(12-6(2)10-5)7-3-4-9-11-7;;2*1-2/h5-6H,1-4H3;3-4H,1-2H3,(H,9,11);1H4;;1-2H2/b6-5+;;;;. The first-order chi connectivity index (χ1) is 14.3. The van der Waals surface area contributed by atoms with Crippen molar-refractivity contribution in [2.45, 2.75) is 35.1 Å². The van der Waals surface area contributed by atoms with Crippen LogP contribution in [0.15, 0.2) is 24.5 Å². The highest BCUT2D eigenvalue weighted by Crippen LogP contribution is 2.27. The number of nitrogens with two attached hydrogens (primary N) is 2. The van der Waals surface area contributed by atoms with E-state index in [1.807, 2.05) is 52.8 Å². The van der Waals surface area contributed by atoms with E-state index >= 15 is 0 Å². The molecule has 0 aliphatic carbocycles. The summed E-state index contributed by atoms with van der Waals surface area (Å²) in [6.07, 6.45) is 5.07. The van der Waals surface area contributed by atoms with E-state index in [4.69, 9.17) is 0 Å². The Labute approximate surface area is 216 Å². The maximum atomic E-state index is 11.6. The lowest BCUT2D eigenvalue weighted by molar-refractivity contribution is 0.104. The van der Waals surface area contributed by atoms with E-state index in [-0.39, 0.29) is 13.2 Å². The number of aromatic amines is 1. The molecule has 3 heterocycles. The number of nitrogens with one attached hydrogen (secondary N) is 1. The van der Waals surface area contributed by atoms with Gasteiger partial charge in [0.1, 0.15) is 0 Å². The number of hydrogen-bond donors (Lipinski definition) is 3. The number of ketones is 1. The molecule has 31 heavy (non-hydrogen) atoms. The number of H-pyrrole nitrogens is 1. The Morgan fingerprint density at radius 1 is 1.06 bits per heavy atom. The van der Waals surface area contributed by atoms with Crippen LogP contribution in [0.1, 0.15) is 38.5 Å². The van der Waals surface area contributed by atoms with Crippen LogP contribution < -0.4 is 11.7 Å². The smallest absolute Gasteiger partial charge is 0.199 e. The van der Waals surface area contributed by atoms with Gasteiger partial charge in [0.2, 0.25) is 0 Å².